The van der Waals surface area contributed by atoms with E-state index in [-0.39, 0.29) is 0 Å². The molecule has 0 spiro atoms. The molecule has 30 heavy (non-hydrogen) atoms. The number of azo groups is 1. The maximum Gasteiger partial charge on any atom is 0.0936 e. The minimum Gasteiger partial charge on any atom is -0.383 e. The standard InChI is InChI=1S/C26H34N4/c1-7-30(8-2)14-13-27-25-11-12-26(24-17-21(6)20(5)16-23(24)25)29-28-22-10-9-18(3)19(4)15-22/h9-12,15-17,27H,7-8,13-14H2,1-6H3. The molecule has 0 radical (unpaired) electrons. The van der Waals surface area contributed by atoms with Gasteiger partial charge in [-0.05, 0) is 99.4 Å². The van der Waals surface area contributed by atoms with Gasteiger partial charge in [0, 0.05) is 29.5 Å². The van der Waals surface area contributed by atoms with Crippen molar-refractivity contribution in [3.8, 4) is 0 Å². The molecule has 0 aromatic heterocycles. The first kappa shape index (κ1) is 22.0. The van der Waals surface area contributed by atoms with Crippen molar-refractivity contribution in [2.24, 2.45) is 10.2 Å². The molecule has 0 saturated heterocycles. The molecule has 0 bridgehead atoms. The third kappa shape index (κ3) is 5.06. The Kier molecular flexibility index (Phi) is 7.22. The molecule has 0 aliphatic heterocycles. The molecule has 4 heteroatoms. The quantitative estimate of drug-likeness (QED) is 0.403. The molecule has 1 N–H and O–H groups in total. The third-order valence-corrected chi connectivity index (χ3v) is 6.01. The molecule has 3 aromatic rings. The lowest BCUT2D eigenvalue weighted by molar-refractivity contribution is 0.316. The zero-order valence-corrected chi connectivity index (χ0v) is 19.2. The van der Waals surface area contributed by atoms with Crippen LogP contribution in [-0.4, -0.2) is 31.1 Å². The van der Waals surface area contributed by atoms with Crippen molar-refractivity contribution in [1.82, 2.24) is 4.90 Å². The van der Waals surface area contributed by atoms with Crippen LogP contribution in [0, 0.1) is 27.7 Å². The summed E-state index contributed by atoms with van der Waals surface area (Å²) < 4.78 is 0. The molecule has 3 aromatic carbocycles. The lowest BCUT2D eigenvalue weighted by atomic mass is 10.00. The fourth-order valence-electron chi connectivity index (χ4n) is 3.62. The van der Waals surface area contributed by atoms with E-state index in [1.54, 1.807) is 0 Å². The molecule has 4 nitrogen and oxygen atoms in total. The number of rotatable bonds is 8. The van der Waals surface area contributed by atoms with Crippen molar-refractivity contribution in [2.75, 3.05) is 31.5 Å². The number of likely N-dealkylation sites (N-methyl/N-ethyl adjacent to an activating group) is 1. The van der Waals surface area contributed by atoms with E-state index in [1.165, 1.54) is 27.6 Å². The Labute approximate surface area is 181 Å². The van der Waals surface area contributed by atoms with Crippen molar-refractivity contribution in [3.05, 3.63) is 64.7 Å². The first-order valence-corrected chi connectivity index (χ1v) is 10.9. The van der Waals surface area contributed by atoms with E-state index in [0.29, 0.717) is 0 Å². The van der Waals surface area contributed by atoms with Crippen LogP contribution < -0.4 is 5.32 Å². The largest absolute Gasteiger partial charge is 0.383 e. The third-order valence-electron chi connectivity index (χ3n) is 6.01. The van der Waals surface area contributed by atoms with E-state index in [2.05, 4.69) is 98.4 Å². The average molecular weight is 403 g/mol. The number of aryl methyl sites for hydroxylation is 4. The Balaban J connectivity index is 1.93. The predicted molar refractivity (Wildman–Crippen MR) is 130 cm³/mol. The van der Waals surface area contributed by atoms with Crippen LogP contribution >= 0.6 is 0 Å². The van der Waals surface area contributed by atoms with E-state index < -0.39 is 0 Å². The lowest BCUT2D eigenvalue weighted by Gasteiger charge is -2.19. The van der Waals surface area contributed by atoms with Crippen molar-refractivity contribution >= 4 is 27.8 Å². The molecule has 0 amide bonds. The van der Waals surface area contributed by atoms with Gasteiger partial charge in [-0.3, -0.25) is 0 Å². The van der Waals surface area contributed by atoms with Crippen LogP contribution in [0.25, 0.3) is 10.8 Å². The molecular weight excluding hydrogens is 368 g/mol. The van der Waals surface area contributed by atoms with Crippen molar-refractivity contribution in [2.45, 2.75) is 41.5 Å². The average Bonchev–Trinajstić information content (AvgIpc) is 2.74. The second-order valence-electron chi connectivity index (χ2n) is 8.04. The Morgan fingerprint density at radius 2 is 1.40 bits per heavy atom. The summed E-state index contributed by atoms with van der Waals surface area (Å²) in [7, 11) is 0. The maximum atomic E-state index is 4.61. The van der Waals surface area contributed by atoms with Gasteiger partial charge in [0.1, 0.15) is 0 Å². The minimum absolute atomic E-state index is 0.886. The number of nitrogens with zero attached hydrogens (tertiary/aromatic N) is 3. The zero-order valence-electron chi connectivity index (χ0n) is 19.2. The minimum atomic E-state index is 0.886. The molecule has 0 fully saturated rings. The summed E-state index contributed by atoms with van der Waals surface area (Å²) in [5.41, 5.74) is 8.01. The van der Waals surface area contributed by atoms with Gasteiger partial charge in [0.05, 0.1) is 11.4 Å². The second-order valence-corrected chi connectivity index (χ2v) is 8.04. The van der Waals surface area contributed by atoms with Crippen LogP contribution in [0.2, 0.25) is 0 Å². The van der Waals surface area contributed by atoms with Crippen molar-refractivity contribution < 1.29 is 0 Å². The summed E-state index contributed by atoms with van der Waals surface area (Å²) >= 11 is 0. The highest BCUT2D eigenvalue weighted by atomic mass is 15.1. The molecule has 0 unspecified atom stereocenters. The Bertz CT molecular complexity index is 1050. The highest BCUT2D eigenvalue weighted by Gasteiger charge is 2.09. The number of fused-ring (bicyclic) bond motifs is 1. The Morgan fingerprint density at radius 3 is 2.07 bits per heavy atom. The van der Waals surface area contributed by atoms with Gasteiger partial charge >= 0.3 is 0 Å². The van der Waals surface area contributed by atoms with Crippen molar-refractivity contribution in [1.29, 1.82) is 0 Å². The first-order chi connectivity index (χ1) is 14.4. The van der Waals surface area contributed by atoms with E-state index >= 15 is 0 Å². The van der Waals surface area contributed by atoms with E-state index in [9.17, 15) is 0 Å². The molecule has 158 valence electrons. The van der Waals surface area contributed by atoms with Gasteiger partial charge in [-0.1, -0.05) is 19.9 Å². The van der Waals surface area contributed by atoms with Crippen LogP contribution in [-0.2, 0) is 0 Å². The molecule has 0 aliphatic rings. The highest BCUT2D eigenvalue weighted by Crippen LogP contribution is 2.35. The normalized spacial score (nSPS) is 11.7. The summed E-state index contributed by atoms with van der Waals surface area (Å²) in [6.07, 6.45) is 0. The van der Waals surface area contributed by atoms with Gasteiger partial charge in [-0.25, -0.2) is 0 Å². The van der Waals surface area contributed by atoms with Gasteiger partial charge in [0.2, 0.25) is 0 Å². The summed E-state index contributed by atoms with van der Waals surface area (Å²) in [6, 6.07) is 14.9. The molecule has 0 aliphatic carbocycles. The molecule has 3 rings (SSSR count). The number of anilines is 1. The summed E-state index contributed by atoms with van der Waals surface area (Å²) in [6.45, 7) is 17.1. The first-order valence-electron chi connectivity index (χ1n) is 10.9. The molecule has 0 saturated carbocycles. The van der Waals surface area contributed by atoms with Gasteiger partial charge < -0.3 is 10.2 Å². The second kappa shape index (κ2) is 9.86. The number of hydrogen-bond acceptors (Lipinski definition) is 4. The Morgan fingerprint density at radius 1 is 0.733 bits per heavy atom. The molecular formula is C26H34N4. The number of nitrogens with one attached hydrogen (secondary N) is 1. The van der Waals surface area contributed by atoms with Crippen LogP contribution in [0.15, 0.2) is 52.7 Å². The van der Waals surface area contributed by atoms with Crippen LogP contribution in [0.1, 0.15) is 36.1 Å². The monoisotopic (exact) mass is 402 g/mol. The van der Waals surface area contributed by atoms with Gasteiger partial charge in [0.15, 0.2) is 0 Å². The predicted octanol–water partition coefficient (Wildman–Crippen LogP) is 7.24. The maximum absolute atomic E-state index is 4.61. The van der Waals surface area contributed by atoms with Crippen molar-refractivity contribution in [3.63, 3.8) is 0 Å². The van der Waals surface area contributed by atoms with E-state index in [4.69, 9.17) is 0 Å². The Hall–Kier alpha value is -2.72. The topological polar surface area (TPSA) is 40.0 Å². The van der Waals surface area contributed by atoms with Crippen LogP contribution in [0.5, 0.6) is 0 Å². The van der Waals surface area contributed by atoms with Gasteiger partial charge in [-0.15, -0.1) is 5.11 Å². The van der Waals surface area contributed by atoms with E-state index in [1.807, 2.05) is 6.07 Å². The van der Waals surface area contributed by atoms with Crippen LogP contribution in [0.3, 0.4) is 0 Å². The molecule has 0 atom stereocenters. The summed E-state index contributed by atoms with van der Waals surface area (Å²) in [5.74, 6) is 0. The fraction of sp³-hybridized carbons (Fsp3) is 0.385. The zero-order chi connectivity index (χ0) is 21.7. The highest BCUT2D eigenvalue weighted by molar-refractivity contribution is 6.01. The fourth-order valence-corrected chi connectivity index (χ4v) is 3.62. The van der Waals surface area contributed by atoms with Gasteiger partial charge in [-0.2, -0.15) is 5.11 Å². The van der Waals surface area contributed by atoms with Gasteiger partial charge in [0.25, 0.3) is 0 Å². The van der Waals surface area contributed by atoms with E-state index in [0.717, 1.165) is 48.6 Å². The molecule has 0 heterocycles. The summed E-state index contributed by atoms with van der Waals surface area (Å²) in [5, 5.41) is 15.1. The number of benzene rings is 3. The SMILES string of the molecule is CCN(CC)CCNc1ccc(N=Nc2ccc(C)c(C)c2)c2cc(C)c(C)cc12. The number of hydrogen-bond donors (Lipinski definition) is 1. The lowest BCUT2D eigenvalue weighted by Crippen LogP contribution is -2.28. The summed E-state index contributed by atoms with van der Waals surface area (Å²) in [4.78, 5) is 2.43. The van der Waals surface area contributed by atoms with Crippen LogP contribution in [0.4, 0.5) is 17.1 Å². The smallest absolute Gasteiger partial charge is 0.0936 e.